The number of aromatic nitrogens is 2. The summed E-state index contributed by atoms with van der Waals surface area (Å²) in [6.45, 7) is 1.64. The SMILES string of the molecule is CC(=O)CCCCC[C@H](N)c1ncc(-c2ccccc2)[nH]1.O=C(O)C(F)(F)F.O=C(O)C(F)(F)F. The Balaban J connectivity index is 0.000000680. The Kier molecular flexibility index (Phi) is 13.3. The lowest BCUT2D eigenvalue weighted by Crippen LogP contribution is -2.21. The second-order valence-corrected chi connectivity index (χ2v) is 7.06. The van der Waals surface area contributed by atoms with Crippen molar-refractivity contribution < 1.29 is 50.9 Å². The first-order valence-electron chi connectivity index (χ1n) is 10.0. The number of unbranched alkanes of at least 4 members (excludes halogenated alkanes) is 2. The second-order valence-electron chi connectivity index (χ2n) is 7.06. The number of imidazole rings is 1. The molecule has 196 valence electrons. The molecule has 0 saturated carbocycles. The first kappa shape index (κ1) is 31.6. The Labute approximate surface area is 196 Å². The molecular weight excluding hydrogens is 488 g/mol. The first-order chi connectivity index (χ1) is 16.1. The summed E-state index contributed by atoms with van der Waals surface area (Å²) in [5.74, 6) is -4.42. The van der Waals surface area contributed by atoms with Crippen LogP contribution < -0.4 is 5.73 Å². The predicted octanol–water partition coefficient (Wildman–Crippen LogP) is 4.88. The minimum atomic E-state index is -5.08. The molecular formula is C21H25F6N3O5. The summed E-state index contributed by atoms with van der Waals surface area (Å²) in [5, 5.41) is 14.2. The molecule has 5 N–H and O–H groups in total. The van der Waals surface area contributed by atoms with Crippen molar-refractivity contribution in [3.63, 3.8) is 0 Å². The van der Waals surface area contributed by atoms with Crippen LogP contribution in [0.25, 0.3) is 11.3 Å². The van der Waals surface area contributed by atoms with Crippen LogP contribution in [-0.2, 0) is 14.4 Å². The third-order valence-electron chi connectivity index (χ3n) is 4.06. The molecule has 2 aromatic rings. The molecule has 1 heterocycles. The van der Waals surface area contributed by atoms with Gasteiger partial charge in [-0.15, -0.1) is 0 Å². The van der Waals surface area contributed by atoms with E-state index in [-0.39, 0.29) is 11.8 Å². The number of carbonyl (C=O) groups excluding carboxylic acids is 1. The zero-order valence-electron chi connectivity index (χ0n) is 18.5. The fourth-order valence-corrected chi connectivity index (χ4v) is 2.34. The van der Waals surface area contributed by atoms with E-state index in [1.54, 1.807) is 6.92 Å². The fourth-order valence-electron chi connectivity index (χ4n) is 2.34. The van der Waals surface area contributed by atoms with Gasteiger partial charge in [0.2, 0.25) is 0 Å². The van der Waals surface area contributed by atoms with Crippen LogP contribution in [-0.4, -0.2) is 50.3 Å². The average Bonchev–Trinajstić information content (AvgIpc) is 3.24. The van der Waals surface area contributed by atoms with E-state index in [0.717, 1.165) is 42.8 Å². The van der Waals surface area contributed by atoms with Gasteiger partial charge in [-0.1, -0.05) is 43.2 Å². The number of Topliss-reactive ketones (excluding diaryl/α,β-unsaturated/α-hetero) is 1. The first-order valence-corrected chi connectivity index (χ1v) is 10.0. The number of carboxylic acid groups (broad SMARTS) is 2. The lowest BCUT2D eigenvalue weighted by molar-refractivity contribution is -0.193. The summed E-state index contributed by atoms with van der Waals surface area (Å²) in [6.07, 6.45) is -3.75. The van der Waals surface area contributed by atoms with Crippen molar-refractivity contribution in [2.24, 2.45) is 5.73 Å². The van der Waals surface area contributed by atoms with Gasteiger partial charge in [-0.05, 0) is 25.3 Å². The number of hydrogen-bond acceptors (Lipinski definition) is 5. The number of nitrogens with two attached hydrogens (primary N) is 1. The molecule has 0 fully saturated rings. The topological polar surface area (TPSA) is 146 Å². The molecule has 14 heteroatoms. The zero-order chi connectivity index (χ0) is 27.2. The van der Waals surface area contributed by atoms with E-state index in [4.69, 9.17) is 25.5 Å². The number of carbonyl (C=O) groups is 3. The molecule has 0 amide bonds. The number of hydrogen-bond donors (Lipinski definition) is 4. The molecule has 8 nitrogen and oxygen atoms in total. The highest BCUT2D eigenvalue weighted by molar-refractivity contribution is 5.75. The van der Waals surface area contributed by atoms with Gasteiger partial charge in [-0.3, -0.25) is 0 Å². The Hall–Kier alpha value is -3.42. The fraction of sp³-hybridized carbons (Fsp3) is 0.429. The molecule has 1 atom stereocenters. The van der Waals surface area contributed by atoms with E-state index < -0.39 is 24.3 Å². The molecule has 0 unspecified atom stereocenters. The van der Waals surface area contributed by atoms with Crippen molar-refractivity contribution >= 4 is 17.7 Å². The van der Waals surface area contributed by atoms with Gasteiger partial charge in [0.15, 0.2) is 0 Å². The average molecular weight is 513 g/mol. The van der Waals surface area contributed by atoms with E-state index >= 15 is 0 Å². The molecule has 0 aliphatic heterocycles. The number of halogens is 6. The molecule has 0 spiro atoms. The van der Waals surface area contributed by atoms with Gasteiger partial charge in [0.05, 0.1) is 17.9 Å². The van der Waals surface area contributed by atoms with Crippen LogP contribution in [0.1, 0.15) is 50.9 Å². The van der Waals surface area contributed by atoms with Crippen LogP contribution in [0.15, 0.2) is 36.5 Å². The standard InChI is InChI=1S/C17H23N3O.2C2HF3O2/c1-13(21)8-4-2-7-11-15(18)17-19-12-16(20-17)14-9-5-3-6-10-14;2*3-2(4,5)1(6)7/h3,5-6,9-10,12,15H,2,4,7-8,11,18H2,1H3,(H,19,20);2*(H,6,7)/t15-;;/m0../s1. The monoisotopic (exact) mass is 513 g/mol. The van der Waals surface area contributed by atoms with Crippen molar-refractivity contribution in [2.45, 2.75) is 57.4 Å². The number of nitrogens with zero attached hydrogens (tertiary/aromatic N) is 1. The maximum atomic E-state index is 10.9. The van der Waals surface area contributed by atoms with Gasteiger partial charge in [-0.25, -0.2) is 14.6 Å². The molecule has 0 bridgehead atoms. The number of nitrogens with one attached hydrogen (secondary N) is 1. The Morgan fingerprint density at radius 1 is 0.943 bits per heavy atom. The molecule has 35 heavy (non-hydrogen) atoms. The maximum absolute atomic E-state index is 10.9. The van der Waals surface area contributed by atoms with Crippen molar-refractivity contribution in [1.82, 2.24) is 9.97 Å². The van der Waals surface area contributed by atoms with Gasteiger partial charge < -0.3 is 25.7 Å². The van der Waals surface area contributed by atoms with E-state index in [9.17, 15) is 31.1 Å². The van der Waals surface area contributed by atoms with Crippen molar-refractivity contribution in [3.05, 3.63) is 42.4 Å². The maximum Gasteiger partial charge on any atom is 0.490 e. The number of rotatable bonds is 8. The molecule has 0 radical (unpaired) electrons. The van der Waals surface area contributed by atoms with E-state index in [0.29, 0.717) is 6.42 Å². The van der Waals surface area contributed by atoms with Crippen LogP contribution >= 0.6 is 0 Å². The van der Waals surface area contributed by atoms with Gasteiger partial charge in [0, 0.05) is 6.42 Å². The van der Waals surface area contributed by atoms with Crippen LogP contribution in [0.4, 0.5) is 26.3 Å². The van der Waals surface area contributed by atoms with Gasteiger partial charge in [-0.2, -0.15) is 26.3 Å². The molecule has 1 aromatic carbocycles. The van der Waals surface area contributed by atoms with Crippen molar-refractivity contribution in [1.29, 1.82) is 0 Å². The number of benzene rings is 1. The Morgan fingerprint density at radius 3 is 1.86 bits per heavy atom. The van der Waals surface area contributed by atoms with Gasteiger partial charge >= 0.3 is 24.3 Å². The van der Waals surface area contributed by atoms with E-state index in [1.807, 2.05) is 36.5 Å². The highest BCUT2D eigenvalue weighted by Crippen LogP contribution is 2.20. The summed E-state index contributed by atoms with van der Waals surface area (Å²) in [4.78, 5) is 36.3. The molecule has 1 aromatic heterocycles. The number of aliphatic carboxylic acids is 2. The van der Waals surface area contributed by atoms with Crippen LogP contribution in [0.5, 0.6) is 0 Å². The summed E-state index contributed by atoms with van der Waals surface area (Å²) in [7, 11) is 0. The summed E-state index contributed by atoms with van der Waals surface area (Å²) >= 11 is 0. The second kappa shape index (κ2) is 14.8. The minimum absolute atomic E-state index is 0.0696. The number of ketones is 1. The van der Waals surface area contributed by atoms with Gasteiger partial charge in [0.25, 0.3) is 0 Å². The largest absolute Gasteiger partial charge is 0.490 e. The molecule has 2 rings (SSSR count). The molecule has 0 saturated heterocycles. The molecule has 0 aliphatic rings. The third-order valence-corrected chi connectivity index (χ3v) is 4.06. The lowest BCUT2D eigenvalue weighted by Gasteiger charge is -2.08. The van der Waals surface area contributed by atoms with E-state index in [2.05, 4.69) is 9.97 Å². The lowest BCUT2D eigenvalue weighted by atomic mass is 10.1. The Morgan fingerprint density at radius 2 is 1.43 bits per heavy atom. The minimum Gasteiger partial charge on any atom is -0.475 e. The van der Waals surface area contributed by atoms with Crippen molar-refractivity contribution in [2.75, 3.05) is 0 Å². The Bertz CT molecular complexity index is 906. The highest BCUT2D eigenvalue weighted by atomic mass is 19.4. The van der Waals surface area contributed by atoms with Gasteiger partial charge in [0.1, 0.15) is 11.6 Å². The van der Waals surface area contributed by atoms with Crippen LogP contribution in [0.2, 0.25) is 0 Å². The number of alkyl halides is 6. The quantitative estimate of drug-likeness (QED) is 0.291. The number of carboxylic acids is 2. The van der Waals surface area contributed by atoms with E-state index in [1.165, 1.54) is 0 Å². The number of H-pyrrole nitrogens is 1. The zero-order valence-corrected chi connectivity index (χ0v) is 18.5. The van der Waals surface area contributed by atoms with Crippen LogP contribution in [0, 0.1) is 0 Å². The highest BCUT2D eigenvalue weighted by Gasteiger charge is 2.38. The molecule has 0 aliphatic carbocycles. The van der Waals surface area contributed by atoms with Crippen molar-refractivity contribution in [3.8, 4) is 11.3 Å². The smallest absolute Gasteiger partial charge is 0.475 e. The summed E-state index contributed by atoms with van der Waals surface area (Å²) < 4.78 is 63.5. The normalized spacial score (nSPS) is 11.9. The van der Waals surface area contributed by atoms with Crippen LogP contribution in [0.3, 0.4) is 0 Å². The summed E-state index contributed by atoms with van der Waals surface area (Å²) in [6, 6.07) is 10.0. The third kappa shape index (κ3) is 14.4. The number of aromatic amines is 1. The summed E-state index contributed by atoms with van der Waals surface area (Å²) in [5.41, 5.74) is 8.28. The predicted molar refractivity (Wildman–Crippen MR) is 112 cm³/mol.